The minimum atomic E-state index is -1.75. The van der Waals surface area contributed by atoms with Gasteiger partial charge in [-0.1, -0.05) is 21.6 Å². The topological polar surface area (TPSA) is 404 Å². The fraction of sp³-hybridized carbons (Fsp3) is 0.615. The van der Waals surface area contributed by atoms with Gasteiger partial charge in [0, 0.05) is 24.3 Å². The number of carbonyl (C=O) groups excluding carboxylic acids is 6. The Morgan fingerprint density at radius 1 is 0.500 bits per heavy atom. The molecule has 0 heterocycles. The first-order chi connectivity index (χ1) is 23.2. The molecule has 0 aliphatic carbocycles. The van der Waals surface area contributed by atoms with E-state index in [0.29, 0.717) is 0 Å². The van der Waals surface area contributed by atoms with Crippen molar-refractivity contribution in [2.75, 3.05) is 11.5 Å². The van der Waals surface area contributed by atoms with Gasteiger partial charge in [0.25, 0.3) is 0 Å². The Morgan fingerprint density at radius 2 is 0.820 bits per heavy atom. The zero-order chi connectivity index (χ0) is 38.6. The van der Waals surface area contributed by atoms with Gasteiger partial charge in [0.05, 0.1) is 12.8 Å². The van der Waals surface area contributed by atoms with E-state index in [4.69, 9.17) is 33.1 Å². The zero-order valence-electron chi connectivity index (χ0n) is 26.5. The van der Waals surface area contributed by atoms with Crippen LogP contribution in [0, 0.1) is 0 Å². The van der Waals surface area contributed by atoms with Crippen molar-refractivity contribution in [2.45, 2.75) is 87.6 Å². The maximum atomic E-state index is 13.0. The van der Waals surface area contributed by atoms with Crippen LogP contribution in [0.3, 0.4) is 0 Å². The number of carboxylic acid groups (broad SMARTS) is 4. The van der Waals surface area contributed by atoms with Crippen molar-refractivity contribution in [3.05, 3.63) is 0 Å². The third-order valence-corrected chi connectivity index (χ3v) is 8.79. The van der Waals surface area contributed by atoms with Crippen LogP contribution in [-0.4, -0.2) is 128 Å². The molecule has 0 aromatic rings. The lowest BCUT2D eigenvalue weighted by atomic mass is 10.1. The van der Waals surface area contributed by atoms with Gasteiger partial charge in [0.2, 0.25) is 35.4 Å². The SMILES string of the molecule is NC(=O)C[C@@H](NC(=O)C(CSSCC(NC(=O)CCC[C@H](N)C(=O)O)C(=O)N[C@H](CC(N)=O)C(=O)O)NC(=O)CCC[C@H](N)C(=O)O)C(=O)O. The van der Waals surface area contributed by atoms with Gasteiger partial charge in [-0.05, 0) is 25.7 Å². The molecule has 0 bridgehead atoms. The largest absolute Gasteiger partial charge is 0.480 e. The van der Waals surface area contributed by atoms with Crippen LogP contribution in [-0.2, 0) is 47.9 Å². The molecule has 0 spiro atoms. The van der Waals surface area contributed by atoms with Crippen molar-refractivity contribution in [3.63, 3.8) is 0 Å². The summed E-state index contributed by atoms with van der Waals surface area (Å²) in [5.41, 5.74) is 20.9. The van der Waals surface area contributed by atoms with Gasteiger partial charge in [0.15, 0.2) is 0 Å². The zero-order valence-corrected chi connectivity index (χ0v) is 28.2. The van der Waals surface area contributed by atoms with Crippen molar-refractivity contribution in [3.8, 4) is 0 Å². The van der Waals surface area contributed by atoms with E-state index in [-0.39, 0.29) is 50.0 Å². The molecule has 0 aliphatic heterocycles. The Morgan fingerprint density at radius 3 is 1.08 bits per heavy atom. The van der Waals surface area contributed by atoms with Gasteiger partial charge < -0.3 is 64.6 Å². The average molecular weight is 755 g/mol. The standard InChI is InChI=1S/C26H42N8O14S2/c27-11(23(41)42)3-1-5-19(37)31-15(21(39)33-13(25(45)46)7-17(29)35)9-49-50-10-16(22(40)34-14(26(47)48)8-18(30)36)32-20(38)6-2-4-12(28)24(43)44/h11-16H,1-10,27-28H2,(H2,29,35)(H2,30,36)(H,31,37)(H,32,38)(H,33,39)(H,34,40)(H,41,42)(H,43,44)(H,45,46)(H,47,48)/t11-,12-,13+,14+,15?,16?/m0/s1. The summed E-state index contributed by atoms with van der Waals surface area (Å²) in [6.07, 6.45) is -2.21. The lowest BCUT2D eigenvalue weighted by molar-refractivity contribution is -0.143. The van der Waals surface area contributed by atoms with Crippen LogP contribution in [0.1, 0.15) is 51.4 Å². The highest BCUT2D eigenvalue weighted by molar-refractivity contribution is 8.76. The Hall–Kier alpha value is -4.68. The van der Waals surface area contributed by atoms with Gasteiger partial charge in [-0.2, -0.15) is 0 Å². The number of carboxylic acids is 4. The highest BCUT2D eigenvalue weighted by Crippen LogP contribution is 2.23. The number of amides is 6. The van der Waals surface area contributed by atoms with E-state index in [0.717, 1.165) is 21.6 Å². The number of hydrogen-bond donors (Lipinski definition) is 12. The average Bonchev–Trinajstić information content (AvgIpc) is 3.00. The number of aliphatic carboxylic acids is 4. The highest BCUT2D eigenvalue weighted by Gasteiger charge is 2.30. The van der Waals surface area contributed by atoms with Crippen LogP contribution >= 0.6 is 21.6 Å². The van der Waals surface area contributed by atoms with Crippen LogP contribution < -0.4 is 44.2 Å². The second-order valence-corrected chi connectivity index (χ2v) is 13.2. The Kier molecular flexibility index (Phi) is 21.4. The maximum absolute atomic E-state index is 13.0. The molecule has 0 saturated carbocycles. The smallest absolute Gasteiger partial charge is 0.326 e. The van der Waals surface area contributed by atoms with Crippen molar-refractivity contribution < 1.29 is 68.4 Å². The fourth-order valence-electron chi connectivity index (χ4n) is 3.69. The van der Waals surface area contributed by atoms with Gasteiger partial charge in [-0.15, -0.1) is 0 Å². The van der Waals surface area contributed by atoms with E-state index in [2.05, 4.69) is 21.3 Å². The first kappa shape index (κ1) is 45.3. The van der Waals surface area contributed by atoms with Crippen molar-refractivity contribution in [2.24, 2.45) is 22.9 Å². The predicted molar refractivity (Wildman–Crippen MR) is 174 cm³/mol. The summed E-state index contributed by atoms with van der Waals surface area (Å²) in [6, 6.07) is -8.88. The minimum Gasteiger partial charge on any atom is -0.480 e. The van der Waals surface area contributed by atoms with Crippen molar-refractivity contribution in [1.82, 2.24) is 21.3 Å². The first-order valence-corrected chi connectivity index (χ1v) is 17.2. The Labute approximate surface area is 292 Å². The molecule has 24 heteroatoms. The van der Waals surface area contributed by atoms with E-state index in [1.54, 1.807) is 0 Å². The normalized spacial score (nSPS) is 14.4. The van der Waals surface area contributed by atoms with Crippen LogP contribution in [0.4, 0.5) is 0 Å². The van der Waals surface area contributed by atoms with Crippen LogP contribution in [0.2, 0.25) is 0 Å². The summed E-state index contributed by atoms with van der Waals surface area (Å²) >= 11 is 0. The summed E-state index contributed by atoms with van der Waals surface area (Å²) in [7, 11) is 1.70. The van der Waals surface area contributed by atoms with E-state index >= 15 is 0 Å². The molecule has 0 aromatic carbocycles. The molecular weight excluding hydrogens is 712 g/mol. The molecular formula is C26H42N8O14S2. The number of primary amides is 2. The summed E-state index contributed by atoms with van der Waals surface area (Å²) < 4.78 is 0. The molecule has 282 valence electrons. The monoisotopic (exact) mass is 754 g/mol. The quantitative estimate of drug-likeness (QED) is 0.0277. The van der Waals surface area contributed by atoms with E-state index < -0.39 is 108 Å². The molecule has 6 atom stereocenters. The fourth-order valence-corrected chi connectivity index (χ4v) is 6.02. The van der Waals surface area contributed by atoms with E-state index in [1.165, 1.54) is 0 Å². The number of hydrogen-bond acceptors (Lipinski definition) is 14. The Balaban J connectivity index is 5.78. The summed E-state index contributed by atoms with van der Waals surface area (Å²) in [6.45, 7) is 0. The second kappa shape index (κ2) is 23.6. The lowest BCUT2D eigenvalue weighted by Gasteiger charge is -2.22. The molecule has 2 unspecified atom stereocenters. The highest BCUT2D eigenvalue weighted by atomic mass is 33.1. The van der Waals surface area contributed by atoms with Crippen LogP contribution in [0.15, 0.2) is 0 Å². The number of rotatable bonds is 27. The van der Waals surface area contributed by atoms with Gasteiger partial charge in [0.1, 0.15) is 36.3 Å². The number of carbonyl (C=O) groups is 10. The molecule has 6 amide bonds. The third kappa shape index (κ3) is 20.0. The molecule has 0 fully saturated rings. The molecule has 0 rings (SSSR count). The molecule has 0 radical (unpaired) electrons. The summed E-state index contributed by atoms with van der Waals surface area (Å²) in [5, 5.41) is 45.4. The number of nitrogens with two attached hydrogens (primary N) is 4. The first-order valence-electron chi connectivity index (χ1n) is 14.7. The molecule has 50 heavy (non-hydrogen) atoms. The minimum absolute atomic E-state index is 0.0147. The molecule has 22 nitrogen and oxygen atoms in total. The van der Waals surface area contributed by atoms with Gasteiger partial charge in [-0.25, -0.2) is 9.59 Å². The van der Waals surface area contributed by atoms with E-state index in [1.807, 2.05) is 0 Å². The second-order valence-electron chi connectivity index (χ2n) is 10.6. The molecule has 16 N–H and O–H groups in total. The Bertz CT molecular complexity index is 1180. The maximum Gasteiger partial charge on any atom is 0.326 e. The van der Waals surface area contributed by atoms with Gasteiger partial charge in [-0.3, -0.25) is 38.4 Å². The van der Waals surface area contributed by atoms with Crippen LogP contribution in [0.25, 0.3) is 0 Å². The number of nitrogens with one attached hydrogen (secondary N) is 4. The lowest BCUT2D eigenvalue weighted by Crippen LogP contribution is -2.53. The van der Waals surface area contributed by atoms with Gasteiger partial charge >= 0.3 is 23.9 Å². The van der Waals surface area contributed by atoms with Crippen molar-refractivity contribution in [1.29, 1.82) is 0 Å². The summed E-state index contributed by atoms with van der Waals surface area (Å²) in [4.78, 5) is 118. The molecule has 0 aromatic heterocycles. The molecule has 0 saturated heterocycles. The molecule has 0 aliphatic rings. The van der Waals surface area contributed by atoms with Crippen LogP contribution in [0.5, 0.6) is 0 Å². The van der Waals surface area contributed by atoms with E-state index in [9.17, 15) is 58.2 Å². The summed E-state index contributed by atoms with van der Waals surface area (Å²) in [5.74, 6) is -12.0. The van der Waals surface area contributed by atoms with Crippen molar-refractivity contribution >= 4 is 80.9 Å². The third-order valence-electron chi connectivity index (χ3n) is 6.37. The predicted octanol–water partition coefficient (Wildman–Crippen LogP) is -4.61.